The van der Waals surface area contributed by atoms with Gasteiger partial charge in [-0.15, -0.1) is 0 Å². The summed E-state index contributed by atoms with van der Waals surface area (Å²) in [6.07, 6.45) is 2.82. The predicted octanol–water partition coefficient (Wildman–Crippen LogP) is 1.97. The Labute approximate surface area is 79.7 Å². The molecule has 0 bridgehead atoms. The van der Waals surface area contributed by atoms with Crippen molar-refractivity contribution in [2.24, 2.45) is 11.7 Å². The van der Waals surface area contributed by atoms with Gasteiger partial charge in [0.1, 0.15) is 0 Å². The topological polar surface area (TPSA) is 30.9 Å². The summed E-state index contributed by atoms with van der Waals surface area (Å²) in [7, 11) is 0. The summed E-state index contributed by atoms with van der Waals surface area (Å²) in [6.45, 7) is 6.23. The van der Waals surface area contributed by atoms with Gasteiger partial charge in [0.15, 0.2) is 0 Å². The first kappa shape index (κ1) is 8.82. The maximum Gasteiger partial charge on any atom is 0.0253 e. The lowest BCUT2D eigenvalue weighted by molar-refractivity contribution is 0.601. The largest absolute Gasteiger partial charge is 0.349 e. The zero-order valence-corrected chi connectivity index (χ0v) is 8.51. The van der Waals surface area contributed by atoms with Gasteiger partial charge in [-0.25, -0.2) is 0 Å². The first-order valence-electron chi connectivity index (χ1n) is 5.08. The fourth-order valence-corrected chi connectivity index (χ4v) is 1.92. The van der Waals surface area contributed by atoms with Gasteiger partial charge in [0, 0.05) is 24.5 Å². The van der Waals surface area contributed by atoms with E-state index in [1.54, 1.807) is 0 Å². The first-order chi connectivity index (χ1) is 6.22. The molecular formula is C11H18N2. The molecule has 1 aliphatic rings. The van der Waals surface area contributed by atoms with Crippen LogP contribution in [0.3, 0.4) is 0 Å². The van der Waals surface area contributed by atoms with Crippen molar-refractivity contribution in [1.29, 1.82) is 0 Å². The molecule has 2 rings (SSSR count). The summed E-state index contributed by atoms with van der Waals surface area (Å²) >= 11 is 0. The molecular weight excluding hydrogens is 160 g/mol. The number of hydrogen-bond donors (Lipinski definition) is 1. The average molecular weight is 178 g/mol. The van der Waals surface area contributed by atoms with E-state index < -0.39 is 0 Å². The Morgan fingerprint density at radius 2 is 2.15 bits per heavy atom. The average Bonchev–Trinajstić information content (AvgIpc) is 2.87. The van der Waals surface area contributed by atoms with Crippen LogP contribution in [0.5, 0.6) is 0 Å². The van der Waals surface area contributed by atoms with Crippen LogP contribution in [-0.4, -0.2) is 4.57 Å². The monoisotopic (exact) mass is 178 g/mol. The Bertz CT molecular complexity index is 308. The van der Waals surface area contributed by atoms with Crippen LogP contribution in [0.25, 0.3) is 0 Å². The van der Waals surface area contributed by atoms with Gasteiger partial charge < -0.3 is 10.3 Å². The molecule has 0 amide bonds. The summed E-state index contributed by atoms with van der Waals surface area (Å²) in [5.74, 6) is 0.940. The predicted molar refractivity (Wildman–Crippen MR) is 54.5 cm³/mol. The van der Waals surface area contributed by atoms with E-state index in [4.69, 9.17) is 5.73 Å². The maximum atomic E-state index is 5.67. The molecule has 2 N–H and O–H groups in total. The first-order valence-corrected chi connectivity index (χ1v) is 5.08. The number of hydrogen-bond acceptors (Lipinski definition) is 1. The number of nitrogens with two attached hydrogens (primary N) is 1. The molecule has 2 nitrogen and oxygen atoms in total. The summed E-state index contributed by atoms with van der Waals surface area (Å²) in [5.41, 5.74) is 9.70. The van der Waals surface area contributed by atoms with Gasteiger partial charge in [-0.2, -0.15) is 0 Å². The number of aromatic nitrogens is 1. The minimum Gasteiger partial charge on any atom is -0.349 e. The highest BCUT2D eigenvalue weighted by molar-refractivity contribution is 5.26. The number of aryl methyl sites for hydroxylation is 1. The van der Waals surface area contributed by atoms with E-state index in [0.717, 1.165) is 5.92 Å². The standard InChI is InChI=1S/C11H18N2/c1-8-5-11(6-12)9(2)13(8)7-10-3-4-10/h5,10H,3-4,6-7,12H2,1-2H3. The van der Waals surface area contributed by atoms with Crippen molar-refractivity contribution >= 4 is 0 Å². The lowest BCUT2D eigenvalue weighted by Gasteiger charge is -2.08. The molecule has 0 spiro atoms. The molecule has 1 saturated carbocycles. The van der Waals surface area contributed by atoms with Crippen LogP contribution in [-0.2, 0) is 13.1 Å². The van der Waals surface area contributed by atoms with Gasteiger partial charge in [0.2, 0.25) is 0 Å². The molecule has 1 aromatic rings. The van der Waals surface area contributed by atoms with Gasteiger partial charge in [0.05, 0.1) is 0 Å². The molecule has 13 heavy (non-hydrogen) atoms. The van der Waals surface area contributed by atoms with Gasteiger partial charge in [-0.3, -0.25) is 0 Å². The molecule has 1 fully saturated rings. The number of rotatable bonds is 3. The third-order valence-electron chi connectivity index (χ3n) is 3.04. The lowest BCUT2D eigenvalue weighted by Crippen LogP contribution is -2.05. The highest BCUT2D eigenvalue weighted by atomic mass is 15.0. The Morgan fingerprint density at radius 1 is 1.46 bits per heavy atom. The molecule has 2 heteroatoms. The van der Waals surface area contributed by atoms with Crippen molar-refractivity contribution in [2.45, 2.75) is 39.8 Å². The highest BCUT2D eigenvalue weighted by Gasteiger charge is 2.23. The van der Waals surface area contributed by atoms with E-state index in [9.17, 15) is 0 Å². The van der Waals surface area contributed by atoms with Gasteiger partial charge in [-0.05, 0) is 44.2 Å². The van der Waals surface area contributed by atoms with Crippen LogP contribution in [0, 0.1) is 19.8 Å². The van der Waals surface area contributed by atoms with Crippen LogP contribution in [0.2, 0.25) is 0 Å². The van der Waals surface area contributed by atoms with E-state index in [-0.39, 0.29) is 0 Å². The van der Waals surface area contributed by atoms with Crippen molar-refractivity contribution in [3.63, 3.8) is 0 Å². The Kier molecular flexibility index (Phi) is 2.16. The molecule has 0 aromatic carbocycles. The van der Waals surface area contributed by atoms with Crippen molar-refractivity contribution in [1.82, 2.24) is 4.57 Å². The van der Waals surface area contributed by atoms with Crippen molar-refractivity contribution in [2.75, 3.05) is 0 Å². The fourth-order valence-electron chi connectivity index (χ4n) is 1.92. The molecule has 72 valence electrons. The molecule has 0 aliphatic heterocycles. The summed E-state index contributed by atoms with van der Waals surface area (Å²) in [5, 5.41) is 0. The Balaban J connectivity index is 2.25. The molecule has 0 atom stereocenters. The summed E-state index contributed by atoms with van der Waals surface area (Å²) < 4.78 is 2.42. The second-order valence-electron chi connectivity index (χ2n) is 4.15. The number of nitrogens with zero attached hydrogens (tertiary/aromatic N) is 1. The second kappa shape index (κ2) is 3.18. The van der Waals surface area contributed by atoms with E-state index in [0.29, 0.717) is 6.54 Å². The zero-order chi connectivity index (χ0) is 9.42. The van der Waals surface area contributed by atoms with E-state index in [2.05, 4.69) is 24.5 Å². The third-order valence-corrected chi connectivity index (χ3v) is 3.04. The molecule has 0 unspecified atom stereocenters. The normalized spacial score (nSPS) is 16.5. The smallest absolute Gasteiger partial charge is 0.0253 e. The lowest BCUT2D eigenvalue weighted by atomic mass is 10.2. The molecule has 1 aliphatic carbocycles. The fraction of sp³-hybridized carbons (Fsp3) is 0.636. The minimum atomic E-state index is 0.671. The van der Waals surface area contributed by atoms with Crippen LogP contribution >= 0.6 is 0 Å². The molecule has 1 heterocycles. The molecule has 1 aromatic heterocycles. The van der Waals surface area contributed by atoms with Crippen LogP contribution in [0.15, 0.2) is 6.07 Å². The Morgan fingerprint density at radius 3 is 2.62 bits per heavy atom. The van der Waals surface area contributed by atoms with Crippen LogP contribution in [0.4, 0.5) is 0 Å². The summed E-state index contributed by atoms with van der Waals surface area (Å²) in [4.78, 5) is 0. The van der Waals surface area contributed by atoms with Gasteiger partial charge >= 0.3 is 0 Å². The molecule has 0 radical (unpaired) electrons. The quantitative estimate of drug-likeness (QED) is 0.753. The third kappa shape index (κ3) is 1.63. The van der Waals surface area contributed by atoms with Gasteiger partial charge in [0.25, 0.3) is 0 Å². The van der Waals surface area contributed by atoms with Crippen LogP contribution < -0.4 is 5.73 Å². The SMILES string of the molecule is Cc1cc(CN)c(C)n1CC1CC1. The van der Waals surface area contributed by atoms with E-state index in [1.807, 2.05) is 0 Å². The Hall–Kier alpha value is -0.760. The van der Waals surface area contributed by atoms with E-state index >= 15 is 0 Å². The van der Waals surface area contributed by atoms with Crippen molar-refractivity contribution in [3.05, 3.63) is 23.0 Å². The van der Waals surface area contributed by atoms with E-state index in [1.165, 1.54) is 36.3 Å². The second-order valence-corrected chi connectivity index (χ2v) is 4.15. The maximum absolute atomic E-state index is 5.67. The zero-order valence-electron chi connectivity index (χ0n) is 8.51. The minimum absolute atomic E-state index is 0.671. The van der Waals surface area contributed by atoms with Crippen molar-refractivity contribution in [3.8, 4) is 0 Å². The van der Waals surface area contributed by atoms with Gasteiger partial charge in [-0.1, -0.05) is 0 Å². The van der Waals surface area contributed by atoms with Crippen LogP contribution in [0.1, 0.15) is 29.8 Å². The van der Waals surface area contributed by atoms with Crippen molar-refractivity contribution < 1.29 is 0 Å². The summed E-state index contributed by atoms with van der Waals surface area (Å²) in [6, 6.07) is 2.22. The highest BCUT2D eigenvalue weighted by Crippen LogP contribution is 2.32. The molecule has 0 saturated heterocycles.